The smallest absolute Gasteiger partial charge is 0.205 e. The van der Waals surface area contributed by atoms with Gasteiger partial charge in [0, 0.05) is 37.4 Å². The summed E-state index contributed by atoms with van der Waals surface area (Å²) in [5.74, 6) is 1.17. The Kier molecular flexibility index (Phi) is 3.52. The van der Waals surface area contributed by atoms with Crippen LogP contribution in [0.2, 0.25) is 0 Å². The molecule has 2 unspecified atom stereocenters. The molecular weight excluding hydrogens is 236 g/mol. The van der Waals surface area contributed by atoms with Gasteiger partial charge in [-0.3, -0.25) is 0 Å². The lowest BCUT2D eigenvalue weighted by atomic mass is 9.98. The normalized spacial score (nSPS) is 29.7. The van der Waals surface area contributed by atoms with Gasteiger partial charge in [-0.15, -0.1) is 0 Å². The molecule has 0 saturated carbocycles. The van der Waals surface area contributed by atoms with E-state index >= 15 is 0 Å². The molecule has 0 amide bonds. The van der Waals surface area contributed by atoms with E-state index in [9.17, 15) is 0 Å². The Morgan fingerprint density at radius 3 is 2.58 bits per heavy atom. The molecule has 3 heterocycles. The standard InChI is InChI=1S/C15H26N4/c1-4-18-10-11(3)16-15(18)19(5-2)14-8-12-6-7-13(9-14)17-12/h10,12-14,17H,4-9H2,1-3H3. The number of nitrogens with zero attached hydrogens (tertiary/aromatic N) is 3. The molecule has 3 rings (SSSR count). The van der Waals surface area contributed by atoms with Gasteiger partial charge in [-0.1, -0.05) is 0 Å². The van der Waals surface area contributed by atoms with Crippen molar-refractivity contribution in [2.45, 2.75) is 71.1 Å². The van der Waals surface area contributed by atoms with Gasteiger partial charge in [0.05, 0.1) is 5.69 Å². The first-order valence-electron chi connectivity index (χ1n) is 7.77. The first-order valence-corrected chi connectivity index (χ1v) is 7.77. The number of anilines is 1. The molecule has 1 aromatic rings. The lowest BCUT2D eigenvalue weighted by Crippen LogP contribution is -2.49. The summed E-state index contributed by atoms with van der Waals surface area (Å²) in [5.41, 5.74) is 1.13. The van der Waals surface area contributed by atoms with Gasteiger partial charge < -0.3 is 14.8 Å². The minimum absolute atomic E-state index is 0.663. The van der Waals surface area contributed by atoms with Crippen molar-refractivity contribution in [3.05, 3.63) is 11.9 Å². The number of aryl methyl sites for hydroxylation is 2. The molecule has 1 N–H and O–H groups in total. The van der Waals surface area contributed by atoms with Crippen molar-refractivity contribution in [2.75, 3.05) is 11.4 Å². The fourth-order valence-corrected chi connectivity index (χ4v) is 3.84. The van der Waals surface area contributed by atoms with Crippen LogP contribution < -0.4 is 10.2 Å². The molecule has 1 aromatic heterocycles. The molecule has 4 heteroatoms. The second-order valence-electron chi connectivity index (χ2n) is 6.02. The highest BCUT2D eigenvalue weighted by Crippen LogP contribution is 2.31. The zero-order chi connectivity index (χ0) is 13.4. The van der Waals surface area contributed by atoms with Gasteiger partial charge >= 0.3 is 0 Å². The monoisotopic (exact) mass is 262 g/mol. The van der Waals surface area contributed by atoms with E-state index in [1.165, 1.54) is 31.6 Å². The van der Waals surface area contributed by atoms with E-state index in [4.69, 9.17) is 4.98 Å². The third-order valence-corrected chi connectivity index (χ3v) is 4.70. The van der Waals surface area contributed by atoms with Crippen molar-refractivity contribution < 1.29 is 0 Å². The average molecular weight is 262 g/mol. The van der Waals surface area contributed by atoms with Crippen LogP contribution in [0.5, 0.6) is 0 Å². The Bertz CT molecular complexity index is 427. The van der Waals surface area contributed by atoms with Gasteiger partial charge in [0.1, 0.15) is 0 Å². The molecule has 4 nitrogen and oxygen atoms in total. The van der Waals surface area contributed by atoms with Gasteiger partial charge in [0.2, 0.25) is 5.95 Å². The molecule has 0 radical (unpaired) electrons. The van der Waals surface area contributed by atoms with E-state index in [1.807, 2.05) is 0 Å². The number of fused-ring (bicyclic) bond motifs is 2. The second-order valence-corrected chi connectivity index (χ2v) is 6.02. The lowest BCUT2D eigenvalue weighted by molar-refractivity contribution is 0.345. The Balaban J connectivity index is 1.83. The van der Waals surface area contributed by atoms with Crippen LogP contribution in [-0.4, -0.2) is 34.2 Å². The fraction of sp³-hybridized carbons (Fsp3) is 0.800. The second kappa shape index (κ2) is 5.16. The zero-order valence-corrected chi connectivity index (χ0v) is 12.4. The molecule has 106 valence electrons. The Hall–Kier alpha value is -1.03. The highest BCUT2D eigenvalue weighted by atomic mass is 15.3. The summed E-state index contributed by atoms with van der Waals surface area (Å²) >= 11 is 0. The van der Waals surface area contributed by atoms with Crippen LogP contribution in [0, 0.1) is 6.92 Å². The topological polar surface area (TPSA) is 33.1 Å². The molecule has 0 spiro atoms. The molecule has 0 aromatic carbocycles. The molecule has 2 bridgehead atoms. The third-order valence-electron chi connectivity index (χ3n) is 4.70. The maximum atomic E-state index is 4.77. The number of hydrogen-bond donors (Lipinski definition) is 1. The number of rotatable bonds is 4. The Morgan fingerprint density at radius 1 is 1.32 bits per heavy atom. The molecule has 2 aliphatic heterocycles. The van der Waals surface area contributed by atoms with Crippen LogP contribution in [0.4, 0.5) is 5.95 Å². The number of aromatic nitrogens is 2. The van der Waals surface area contributed by atoms with Crippen LogP contribution in [-0.2, 0) is 6.54 Å². The van der Waals surface area contributed by atoms with Gasteiger partial charge in [-0.25, -0.2) is 4.98 Å². The van der Waals surface area contributed by atoms with E-state index in [0.29, 0.717) is 6.04 Å². The van der Waals surface area contributed by atoms with E-state index in [-0.39, 0.29) is 0 Å². The molecule has 2 aliphatic rings. The largest absolute Gasteiger partial charge is 0.339 e. The van der Waals surface area contributed by atoms with E-state index in [1.54, 1.807) is 0 Å². The van der Waals surface area contributed by atoms with Gasteiger partial charge in [0.25, 0.3) is 0 Å². The van der Waals surface area contributed by atoms with E-state index in [0.717, 1.165) is 30.9 Å². The van der Waals surface area contributed by atoms with Crippen molar-refractivity contribution in [1.29, 1.82) is 0 Å². The van der Waals surface area contributed by atoms with Crippen LogP contribution in [0.25, 0.3) is 0 Å². The molecule has 19 heavy (non-hydrogen) atoms. The summed E-state index contributed by atoms with van der Waals surface area (Å²) in [4.78, 5) is 7.30. The van der Waals surface area contributed by atoms with Crippen LogP contribution in [0.15, 0.2) is 6.20 Å². The third kappa shape index (κ3) is 2.38. The number of imidazole rings is 1. The van der Waals surface area contributed by atoms with Crippen molar-refractivity contribution in [2.24, 2.45) is 0 Å². The average Bonchev–Trinajstić information content (AvgIpc) is 2.93. The van der Waals surface area contributed by atoms with E-state index in [2.05, 4.69) is 41.8 Å². The predicted molar refractivity (Wildman–Crippen MR) is 78.6 cm³/mol. The van der Waals surface area contributed by atoms with Crippen LogP contribution in [0.3, 0.4) is 0 Å². The quantitative estimate of drug-likeness (QED) is 0.904. The summed E-state index contributed by atoms with van der Waals surface area (Å²) in [6.07, 6.45) is 7.45. The zero-order valence-electron chi connectivity index (χ0n) is 12.4. The highest BCUT2D eigenvalue weighted by molar-refractivity contribution is 5.35. The fourth-order valence-electron chi connectivity index (χ4n) is 3.84. The van der Waals surface area contributed by atoms with Crippen LogP contribution in [0.1, 0.15) is 45.2 Å². The first-order chi connectivity index (χ1) is 9.21. The first kappa shape index (κ1) is 13.0. The number of nitrogens with one attached hydrogen (secondary N) is 1. The van der Waals surface area contributed by atoms with Crippen molar-refractivity contribution in [3.8, 4) is 0 Å². The highest BCUT2D eigenvalue weighted by Gasteiger charge is 2.36. The maximum absolute atomic E-state index is 4.77. The molecular formula is C15H26N4. The number of hydrogen-bond acceptors (Lipinski definition) is 3. The summed E-state index contributed by atoms with van der Waals surface area (Å²) in [6, 6.07) is 2.14. The van der Waals surface area contributed by atoms with Gasteiger partial charge in [0.15, 0.2) is 0 Å². The van der Waals surface area contributed by atoms with Crippen molar-refractivity contribution in [3.63, 3.8) is 0 Å². The summed E-state index contributed by atoms with van der Waals surface area (Å²) in [7, 11) is 0. The van der Waals surface area contributed by atoms with E-state index < -0.39 is 0 Å². The molecule has 2 fully saturated rings. The molecule has 2 saturated heterocycles. The Labute approximate surface area is 116 Å². The summed E-state index contributed by atoms with van der Waals surface area (Å²) < 4.78 is 2.29. The molecule has 0 aliphatic carbocycles. The predicted octanol–water partition coefficient (Wildman–Crippen LogP) is 2.32. The maximum Gasteiger partial charge on any atom is 0.205 e. The van der Waals surface area contributed by atoms with Crippen LogP contribution >= 0.6 is 0 Å². The summed E-state index contributed by atoms with van der Waals surface area (Å²) in [5, 5.41) is 3.73. The van der Waals surface area contributed by atoms with Gasteiger partial charge in [-0.2, -0.15) is 0 Å². The SMILES string of the molecule is CCN(c1nc(C)cn1CC)C1CC2CCC(C1)N2. The molecule has 2 atom stereocenters. The van der Waals surface area contributed by atoms with Gasteiger partial charge in [-0.05, 0) is 46.5 Å². The minimum atomic E-state index is 0.663. The minimum Gasteiger partial charge on any atom is -0.339 e. The number of piperidine rings is 1. The summed E-state index contributed by atoms with van der Waals surface area (Å²) in [6.45, 7) is 8.61. The van der Waals surface area contributed by atoms with Crippen molar-refractivity contribution >= 4 is 5.95 Å². The Morgan fingerprint density at radius 2 is 2.00 bits per heavy atom. The van der Waals surface area contributed by atoms with Crippen molar-refractivity contribution in [1.82, 2.24) is 14.9 Å². The lowest BCUT2D eigenvalue weighted by Gasteiger charge is -2.38.